The number of halogens is 1. The van der Waals surface area contributed by atoms with Crippen molar-refractivity contribution >= 4 is 28.4 Å². The lowest BCUT2D eigenvalue weighted by Gasteiger charge is -2.25. The number of methoxy groups -OCH3 is 1. The number of hydrogen-bond donors (Lipinski definition) is 1. The summed E-state index contributed by atoms with van der Waals surface area (Å²) in [4.78, 5) is 25.9. The van der Waals surface area contributed by atoms with Crippen LogP contribution < -0.4 is 10.3 Å². The Kier molecular flexibility index (Phi) is 5.18. The van der Waals surface area contributed by atoms with Crippen LogP contribution >= 0.6 is 11.6 Å². The van der Waals surface area contributed by atoms with Crippen LogP contribution in [0.1, 0.15) is 52.6 Å². The van der Waals surface area contributed by atoms with Gasteiger partial charge in [0.2, 0.25) is 0 Å². The number of carbonyl (C=O) groups excluding carboxylic acids is 1. The zero-order valence-electron chi connectivity index (χ0n) is 18.0. The van der Waals surface area contributed by atoms with Gasteiger partial charge >= 0.3 is 0 Å². The highest BCUT2D eigenvalue weighted by atomic mass is 35.5. The molecule has 1 saturated carbocycles. The smallest absolute Gasteiger partial charge is 0.266 e. The Hall–Kier alpha value is -3.25. The molecule has 0 radical (unpaired) electrons. The second-order valence-electron chi connectivity index (χ2n) is 8.35. The lowest BCUT2D eigenvalue weighted by atomic mass is 9.93. The van der Waals surface area contributed by atoms with Crippen molar-refractivity contribution in [1.29, 1.82) is 0 Å². The molecule has 4 aromatic rings. The lowest BCUT2D eigenvalue weighted by Crippen LogP contribution is -2.26. The lowest BCUT2D eigenvalue weighted by molar-refractivity contribution is 0.0963. The Morgan fingerprint density at radius 2 is 1.91 bits per heavy atom. The van der Waals surface area contributed by atoms with Crippen LogP contribution in [0.3, 0.4) is 0 Å². The first kappa shape index (κ1) is 20.6. The molecule has 7 heteroatoms. The number of aromatic nitrogens is 3. The zero-order chi connectivity index (χ0) is 22.4. The van der Waals surface area contributed by atoms with E-state index in [-0.39, 0.29) is 17.5 Å². The molecule has 0 amide bonds. The fourth-order valence-corrected chi connectivity index (χ4v) is 4.58. The first-order valence-corrected chi connectivity index (χ1v) is 11.1. The number of ether oxygens (including phenoxy) is 1. The predicted octanol–water partition coefficient (Wildman–Crippen LogP) is 5.11. The van der Waals surface area contributed by atoms with Gasteiger partial charge in [-0.15, -0.1) is 0 Å². The number of fused-ring (bicyclic) bond motifs is 1. The number of benzene rings is 2. The van der Waals surface area contributed by atoms with Gasteiger partial charge in [-0.3, -0.25) is 19.3 Å². The van der Waals surface area contributed by atoms with Gasteiger partial charge in [-0.25, -0.2) is 4.68 Å². The average molecular weight is 450 g/mol. The van der Waals surface area contributed by atoms with E-state index in [1.807, 2.05) is 25.1 Å². The van der Waals surface area contributed by atoms with Gasteiger partial charge in [-0.05, 0) is 74.2 Å². The standard InChI is InChI=1S/C25H24ClN3O3/c1-15-21(12-18-13-24(30)29(27-18)19-4-3-5-19)22-14-20(32-2)10-11-23(22)28(15)25(31)16-6-8-17(26)9-7-16/h6-11,13-14,19,27H,3-5,12H2,1-2H3. The minimum Gasteiger partial charge on any atom is -0.497 e. The molecular formula is C25H24ClN3O3. The third-order valence-corrected chi connectivity index (χ3v) is 6.69. The summed E-state index contributed by atoms with van der Waals surface area (Å²) >= 11 is 6.01. The van der Waals surface area contributed by atoms with Gasteiger partial charge in [0.1, 0.15) is 5.75 Å². The quantitative estimate of drug-likeness (QED) is 0.460. The molecule has 0 saturated heterocycles. The van der Waals surface area contributed by atoms with E-state index >= 15 is 0 Å². The summed E-state index contributed by atoms with van der Waals surface area (Å²) < 4.78 is 8.91. The van der Waals surface area contributed by atoms with E-state index in [1.165, 1.54) is 0 Å². The summed E-state index contributed by atoms with van der Waals surface area (Å²) in [7, 11) is 1.62. The molecule has 0 bridgehead atoms. The van der Waals surface area contributed by atoms with Crippen LogP contribution in [0.25, 0.3) is 10.9 Å². The minimum absolute atomic E-state index is 0.000845. The molecule has 0 atom stereocenters. The Labute approximate surface area is 190 Å². The van der Waals surface area contributed by atoms with Crippen LogP contribution in [0.4, 0.5) is 0 Å². The van der Waals surface area contributed by atoms with Gasteiger partial charge in [0, 0.05) is 39.8 Å². The molecule has 2 aromatic heterocycles. The summed E-state index contributed by atoms with van der Waals surface area (Å²) in [5, 5.41) is 4.81. The molecule has 2 aromatic carbocycles. The monoisotopic (exact) mass is 449 g/mol. The summed E-state index contributed by atoms with van der Waals surface area (Å²) in [6, 6.07) is 14.5. The molecule has 2 heterocycles. The second kappa shape index (κ2) is 8.02. The second-order valence-corrected chi connectivity index (χ2v) is 8.78. The van der Waals surface area contributed by atoms with Gasteiger partial charge in [0.25, 0.3) is 11.5 Å². The molecule has 1 fully saturated rings. The van der Waals surface area contributed by atoms with Gasteiger partial charge < -0.3 is 4.74 Å². The predicted molar refractivity (Wildman–Crippen MR) is 125 cm³/mol. The third kappa shape index (κ3) is 3.45. The van der Waals surface area contributed by atoms with Crippen LogP contribution in [0.2, 0.25) is 5.02 Å². The van der Waals surface area contributed by atoms with Crippen molar-refractivity contribution < 1.29 is 9.53 Å². The average Bonchev–Trinajstić information content (AvgIpc) is 3.23. The van der Waals surface area contributed by atoms with Crippen molar-refractivity contribution in [2.45, 2.75) is 38.6 Å². The normalized spacial score (nSPS) is 14.0. The molecule has 1 aliphatic rings. The summed E-state index contributed by atoms with van der Waals surface area (Å²) in [6.07, 6.45) is 3.74. The molecule has 5 rings (SSSR count). The first-order valence-electron chi connectivity index (χ1n) is 10.7. The Bertz CT molecular complexity index is 1370. The van der Waals surface area contributed by atoms with E-state index in [0.717, 1.165) is 52.9 Å². The number of H-pyrrole nitrogens is 1. The number of nitrogens with one attached hydrogen (secondary N) is 1. The van der Waals surface area contributed by atoms with E-state index in [0.29, 0.717) is 17.0 Å². The maximum Gasteiger partial charge on any atom is 0.266 e. The number of nitrogens with zero attached hydrogens (tertiary/aromatic N) is 2. The largest absolute Gasteiger partial charge is 0.497 e. The van der Waals surface area contributed by atoms with Gasteiger partial charge in [0.15, 0.2) is 0 Å². The van der Waals surface area contributed by atoms with Crippen LogP contribution in [0, 0.1) is 6.92 Å². The molecule has 0 spiro atoms. The molecule has 1 N–H and O–H groups in total. The van der Waals surface area contributed by atoms with E-state index in [2.05, 4.69) is 5.10 Å². The number of rotatable bonds is 5. The maximum absolute atomic E-state index is 13.4. The van der Waals surface area contributed by atoms with Gasteiger partial charge in [0.05, 0.1) is 18.7 Å². The summed E-state index contributed by atoms with van der Waals surface area (Å²) in [5.41, 5.74) is 4.03. The van der Waals surface area contributed by atoms with Gasteiger partial charge in [-0.1, -0.05) is 11.6 Å². The first-order chi connectivity index (χ1) is 15.5. The maximum atomic E-state index is 13.4. The van der Waals surface area contributed by atoms with E-state index < -0.39 is 0 Å². The SMILES string of the molecule is COc1ccc2c(c1)c(Cc1cc(=O)n(C3CCC3)[nH]1)c(C)n2C(=O)c1ccc(Cl)cc1. The summed E-state index contributed by atoms with van der Waals surface area (Å²) in [6.45, 7) is 1.94. The topological polar surface area (TPSA) is 69.0 Å². The third-order valence-electron chi connectivity index (χ3n) is 6.44. The van der Waals surface area contributed by atoms with Crippen molar-refractivity contribution in [3.8, 4) is 5.75 Å². The van der Waals surface area contributed by atoms with E-state index in [4.69, 9.17) is 16.3 Å². The number of aromatic amines is 1. The number of hydrogen-bond acceptors (Lipinski definition) is 3. The van der Waals surface area contributed by atoms with E-state index in [9.17, 15) is 9.59 Å². The van der Waals surface area contributed by atoms with E-state index in [1.54, 1.807) is 46.7 Å². The van der Waals surface area contributed by atoms with Crippen LogP contribution in [-0.4, -0.2) is 27.4 Å². The fourth-order valence-electron chi connectivity index (χ4n) is 4.45. The minimum atomic E-state index is -0.124. The molecule has 6 nitrogen and oxygen atoms in total. The van der Waals surface area contributed by atoms with Gasteiger partial charge in [-0.2, -0.15) is 0 Å². The van der Waals surface area contributed by atoms with Crippen LogP contribution in [0.15, 0.2) is 53.3 Å². The Morgan fingerprint density at radius 3 is 2.56 bits per heavy atom. The molecule has 1 aliphatic carbocycles. The highest BCUT2D eigenvalue weighted by Crippen LogP contribution is 2.33. The molecule has 0 unspecified atom stereocenters. The fraction of sp³-hybridized carbons (Fsp3) is 0.280. The van der Waals surface area contributed by atoms with Crippen molar-refractivity contribution in [2.24, 2.45) is 0 Å². The zero-order valence-corrected chi connectivity index (χ0v) is 18.8. The highest BCUT2D eigenvalue weighted by Gasteiger charge is 2.24. The molecule has 164 valence electrons. The van der Waals surface area contributed by atoms with Crippen molar-refractivity contribution in [3.63, 3.8) is 0 Å². The van der Waals surface area contributed by atoms with Crippen molar-refractivity contribution in [1.82, 2.24) is 14.3 Å². The van der Waals surface area contributed by atoms with Crippen LogP contribution in [-0.2, 0) is 6.42 Å². The van der Waals surface area contributed by atoms with Crippen molar-refractivity contribution in [3.05, 3.63) is 86.4 Å². The number of carbonyl (C=O) groups is 1. The molecular weight excluding hydrogens is 426 g/mol. The molecule has 32 heavy (non-hydrogen) atoms. The van der Waals surface area contributed by atoms with Crippen LogP contribution in [0.5, 0.6) is 5.75 Å². The Morgan fingerprint density at radius 1 is 1.16 bits per heavy atom. The highest BCUT2D eigenvalue weighted by molar-refractivity contribution is 6.30. The van der Waals surface area contributed by atoms with Crippen molar-refractivity contribution in [2.75, 3.05) is 7.11 Å². The molecule has 0 aliphatic heterocycles. The Balaban J connectivity index is 1.62. The summed E-state index contributed by atoms with van der Waals surface area (Å²) in [5.74, 6) is 0.594.